The number of carbonyl (C=O) groups is 2. The van der Waals surface area contributed by atoms with Gasteiger partial charge in [0.25, 0.3) is 0 Å². The maximum absolute atomic E-state index is 15.2. The minimum absolute atomic E-state index is 0.0452. The van der Waals surface area contributed by atoms with Crippen LogP contribution in [0.2, 0.25) is 5.02 Å². The lowest BCUT2D eigenvalue weighted by molar-refractivity contribution is -0.177. The zero-order chi connectivity index (χ0) is 39.7. The third-order valence-corrected chi connectivity index (χ3v) is 15.4. The number of ketones is 1. The number of ether oxygens (including phenoxy) is 2. The number of Topliss-reactive ketones (excluding diaryl/α,β-unsaturated/α-hetero) is 1. The summed E-state index contributed by atoms with van der Waals surface area (Å²) >= 11 is 6.50. The molecule has 8 atom stereocenters. The molecule has 8 unspecified atom stereocenters. The summed E-state index contributed by atoms with van der Waals surface area (Å²) in [7, 11) is 3.17. The zero-order valence-corrected chi connectivity index (χ0v) is 33.4. The van der Waals surface area contributed by atoms with Gasteiger partial charge in [0.05, 0.1) is 39.0 Å². The van der Waals surface area contributed by atoms with Crippen LogP contribution in [0, 0.1) is 39.3 Å². The van der Waals surface area contributed by atoms with E-state index >= 15 is 4.39 Å². The highest BCUT2D eigenvalue weighted by atomic mass is 35.5. The number of hydrogen-bond donors (Lipinski definition) is 3. The van der Waals surface area contributed by atoms with Crippen LogP contribution in [0.4, 0.5) is 14.9 Å². The molecule has 2 amide bonds. The number of aliphatic hydroxyl groups is 2. The van der Waals surface area contributed by atoms with Crippen LogP contribution in [0.25, 0.3) is 0 Å². The number of nitrogens with one attached hydrogen (secondary N) is 1. The average Bonchev–Trinajstić information content (AvgIpc) is 3.46. The van der Waals surface area contributed by atoms with Crippen LogP contribution >= 0.6 is 11.6 Å². The number of para-hydroxylation sites is 1. The summed E-state index contributed by atoms with van der Waals surface area (Å²) in [5.74, 6) is 0.408. The second-order valence-corrected chi connectivity index (χ2v) is 17.8. The molecule has 10 heteroatoms. The summed E-state index contributed by atoms with van der Waals surface area (Å²) in [5, 5.41) is 27.5. The van der Waals surface area contributed by atoms with Gasteiger partial charge in [-0.3, -0.25) is 4.79 Å². The number of nitrogens with zero attached hydrogens (tertiary/aromatic N) is 1. The van der Waals surface area contributed by atoms with E-state index in [-0.39, 0.29) is 59.2 Å². The Bertz CT molecular complexity index is 2090. The van der Waals surface area contributed by atoms with Crippen LogP contribution in [0.3, 0.4) is 0 Å². The van der Waals surface area contributed by atoms with Gasteiger partial charge in [0.1, 0.15) is 17.3 Å². The zero-order valence-electron chi connectivity index (χ0n) is 32.6. The number of aliphatic hydroxyl groups excluding tert-OH is 1. The van der Waals surface area contributed by atoms with Gasteiger partial charge in [-0.2, -0.15) is 0 Å². The van der Waals surface area contributed by atoms with Gasteiger partial charge in [-0.15, -0.1) is 0 Å². The van der Waals surface area contributed by atoms with E-state index in [9.17, 15) is 19.8 Å². The molecule has 3 aromatic carbocycles. The molecule has 3 N–H and O–H groups in total. The van der Waals surface area contributed by atoms with Crippen molar-refractivity contribution in [2.45, 2.75) is 83.5 Å². The highest BCUT2D eigenvalue weighted by molar-refractivity contribution is 6.31. The molecule has 0 saturated heterocycles. The van der Waals surface area contributed by atoms with Crippen LogP contribution < -0.4 is 14.8 Å². The fourth-order valence-corrected chi connectivity index (χ4v) is 12.3. The number of hydrogen-bond acceptors (Lipinski definition) is 6. The molecule has 56 heavy (non-hydrogen) atoms. The first-order chi connectivity index (χ1) is 26.7. The number of anilines is 1. The third kappa shape index (κ3) is 5.82. The molecule has 2 bridgehead atoms. The van der Waals surface area contributed by atoms with Crippen molar-refractivity contribution in [2.24, 2.45) is 33.5 Å². The van der Waals surface area contributed by atoms with Gasteiger partial charge in [-0.25, -0.2) is 9.18 Å². The highest BCUT2D eigenvalue weighted by Gasteiger charge is 2.74. The summed E-state index contributed by atoms with van der Waals surface area (Å²) in [6.07, 6.45) is 10.5. The number of fused-ring (bicyclic) bond motifs is 1. The van der Waals surface area contributed by atoms with Crippen LogP contribution in [0.1, 0.15) is 69.9 Å². The highest BCUT2D eigenvalue weighted by Crippen LogP contribution is 2.78. The molecule has 3 fully saturated rings. The Morgan fingerprint density at radius 2 is 1.66 bits per heavy atom. The quantitative estimate of drug-likeness (QED) is 0.177. The van der Waals surface area contributed by atoms with Crippen LogP contribution in [-0.4, -0.2) is 59.4 Å². The SMILES string of the molecule is COc1ccc(CN(CC2(O)CCC3C45C=CC6(C=C4C(=O)Cc4c(F)cccc4Cl)CC(O)CCC6(C)C5CCC32C)C(=O)Nc2ccccc2)c(OC)c1. The Balaban J connectivity index is 1.19. The maximum atomic E-state index is 15.2. The van der Waals surface area contributed by atoms with Gasteiger partial charge >= 0.3 is 6.03 Å². The third-order valence-electron chi connectivity index (χ3n) is 15.0. The number of halogens is 2. The van der Waals surface area contributed by atoms with Gasteiger partial charge in [0.2, 0.25) is 0 Å². The summed E-state index contributed by atoms with van der Waals surface area (Å²) in [5.41, 5.74) is -1.29. The van der Waals surface area contributed by atoms with E-state index in [1.54, 1.807) is 37.3 Å². The molecule has 2 spiro atoms. The normalized spacial score (nSPS) is 33.8. The summed E-state index contributed by atoms with van der Waals surface area (Å²) < 4.78 is 26.4. The topological polar surface area (TPSA) is 108 Å². The molecule has 296 valence electrons. The molecular weight excluding hydrogens is 731 g/mol. The summed E-state index contributed by atoms with van der Waals surface area (Å²) in [6.45, 7) is 4.68. The summed E-state index contributed by atoms with van der Waals surface area (Å²) in [6, 6.07) is 18.9. The van der Waals surface area contributed by atoms with E-state index in [2.05, 4.69) is 37.4 Å². The monoisotopic (exact) mass is 782 g/mol. The lowest BCUT2D eigenvalue weighted by Gasteiger charge is -2.71. The van der Waals surface area contributed by atoms with Crippen molar-refractivity contribution >= 4 is 29.1 Å². The van der Waals surface area contributed by atoms with Crippen molar-refractivity contribution in [3.63, 3.8) is 0 Å². The van der Waals surface area contributed by atoms with Crippen molar-refractivity contribution in [3.8, 4) is 11.5 Å². The van der Waals surface area contributed by atoms with Gasteiger partial charge in [-0.05, 0) is 98.6 Å². The first kappa shape index (κ1) is 38.7. The van der Waals surface area contributed by atoms with Crippen molar-refractivity contribution in [3.05, 3.63) is 112 Å². The number of amides is 2. The smallest absolute Gasteiger partial charge is 0.322 e. The summed E-state index contributed by atoms with van der Waals surface area (Å²) in [4.78, 5) is 30.8. The Morgan fingerprint density at radius 1 is 0.929 bits per heavy atom. The standard InChI is InChI=1S/C46H52ClFN2O6/c1-42-18-15-31(51)25-44(42)21-22-46(34(26-44)37(52)24-33-35(47)11-8-12-36(33)48)39(42)16-19-43(2)40(46)17-20-45(43,54)28-50(41(53)49-30-9-6-5-7-10-30)27-29-13-14-32(55-3)23-38(29)56-4/h5-14,21-23,26,31,39-40,51,54H,15-20,24-25,27-28H2,1-4H3,(H,49,53). The van der Waals surface area contributed by atoms with Gasteiger partial charge in [0, 0.05) is 56.1 Å². The molecule has 0 radical (unpaired) electrons. The predicted molar refractivity (Wildman–Crippen MR) is 214 cm³/mol. The molecule has 6 aliphatic rings. The lowest BCUT2D eigenvalue weighted by atomic mass is 9.32. The Morgan fingerprint density at radius 3 is 2.39 bits per heavy atom. The van der Waals surface area contributed by atoms with Crippen LogP contribution in [-0.2, 0) is 17.8 Å². The van der Waals surface area contributed by atoms with Gasteiger partial charge < -0.3 is 29.9 Å². The van der Waals surface area contributed by atoms with Crippen molar-refractivity contribution < 1.29 is 33.7 Å². The number of allylic oxidation sites excluding steroid dienone is 4. The minimum atomic E-state index is -1.32. The minimum Gasteiger partial charge on any atom is -0.497 e. The van der Waals surface area contributed by atoms with E-state index in [4.69, 9.17) is 21.1 Å². The first-order valence-electron chi connectivity index (χ1n) is 19.8. The van der Waals surface area contributed by atoms with Gasteiger partial charge in [0.15, 0.2) is 5.78 Å². The molecular formula is C46H52ClFN2O6. The Kier molecular flexibility index (Phi) is 9.69. The van der Waals surface area contributed by atoms with Crippen molar-refractivity contribution in [1.82, 2.24) is 4.90 Å². The predicted octanol–water partition coefficient (Wildman–Crippen LogP) is 8.93. The maximum Gasteiger partial charge on any atom is 0.322 e. The number of urea groups is 1. The number of rotatable bonds is 10. The van der Waals surface area contributed by atoms with Crippen LogP contribution in [0.15, 0.2) is 90.5 Å². The molecule has 0 heterocycles. The van der Waals surface area contributed by atoms with E-state index in [0.717, 1.165) is 18.4 Å². The number of methoxy groups -OCH3 is 2. The molecule has 3 saturated carbocycles. The molecule has 9 rings (SSSR count). The lowest BCUT2D eigenvalue weighted by Crippen LogP contribution is -2.67. The molecule has 0 aromatic heterocycles. The number of benzene rings is 3. The largest absolute Gasteiger partial charge is 0.497 e. The van der Waals surface area contributed by atoms with E-state index < -0.39 is 33.8 Å². The van der Waals surface area contributed by atoms with Crippen LogP contribution in [0.5, 0.6) is 11.5 Å². The fourth-order valence-electron chi connectivity index (χ4n) is 12.0. The molecule has 6 aliphatic carbocycles. The van der Waals surface area contributed by atoms with Crippen molar-refractivity contribution in [1.29, 1.82) is 0 Å². The van der Waals surface area contributed by atoms with E-state index in [1.165, 1.54) is 6.07 Å². The van der Waals surface area contributed by atoms with Crippen molar-refractivity contribution in [2.75, 3.05) is 26.1 Å². The van der Waals surface area contributed by atoms with E-state index in [0.29, 0.717) is 54.9 Å². The molecule has 0 aliphatic heterocycles. The number of carbonyl (C=O) groups excluding carboxylic acids is 2. The van der Waals surface area contributed by atoms with Gasteiger partial charge in [-0.1, -0.05) is 67.9 Å². The first-order valence-corrected chi connectivity index (χ1v) is 20.2. The second-order valence-electron chi connectivity index (χ2n) is 17.4. The molecule has 3 aromatic rings. The second kappa shape index (κ2) is 14.0. The Labute approximate surface area is 333 Å². The molecule has 8 nitrogen and oxygen atoms in total. The van der Waals surface area contributed by atoms with E-state index in [1.807, 2.05) is 42.5 Å². The Hall–Kier alpha value is -4.18. The fraction of sp³-hybridized carbons (Fsp3) is 0.478. The average molecular weight is 783 g/mol.